The van der Waals surface area contributed by atoms with Gasteiger partial charge in [-0.3, -0.25) is 9.59 Å². The summed E-state index contributed by atoms with van der Waals surface area (Å²) in [5.74, 6) is -1.39. The smallest absolute Gasteiger partial charge is 0.229 e. The van der Waals surface area contributed by atoms with Gasteiger partial charge in [0.15, 0.2) is 0 Å². The number of rotatable bonds is 4. The minimum Gasteiger partial charge on any atom is -0.369 e. The molecular weight excluding hydrogens is 383 g/mol. The summed E-state index contributed by atoms with van der Waals surface area (Å²) >= 11 is 0. The summed E-state index contributed by atoms with van der Waals surface area (Å²) in [5, 5.41) is 2.90. The van der Waals surface area contributed by atoms with Crippen LogP contribution in [-0.2, 0) is 9.59 Å². The van der Waals surface area contributed by atoms with Crippen LogP contribution in [0.1, 0.15) is 12.0 Å². The second-order valence-corrected chi connectivity index (χ2v) is 8.19. The molecule has 158 valence electrons. The summed E-state index contributed by atoms with van der Waals surface area (Å²) in [6.07, 6.45) is 0.0819. The van der Waals surface area contributed by atoms with Crippen LogP contribution in [-0.4, -0.2) is 56.5 Å². The molecule has 30 heavy (non-hydrogen) atoms. The standard InChI is InChI=1S/C23H27FN4O2/c1-16-3-8-21(20(24)13-16)28-15-17(14-22(28)29)23(30)25-18-4-6-19(7-5-18)27-11-9-26(2)10-12-27/h3-8,13,17H,9-12,14-15H2,1-2H3,(H,25,30). The van der Waals surface area contributed by atoms with Gasteiger partial charge in [-0.1, -0.05) is 6.07 Å². The van der Waals surface area contributed by atoms with E-state index in [-0.39, 0.29) is 30.5 Å². The first-order chi connectivity index (χ1) is 14.4. The fourth-order valence-corrected chi connectivity index (χ4v) is 4.01. The lowest BCUT2D eigenvalue weighted by Gasteiger charge is -2.34. The molecule has 4 rings (SSSR count). The van der Waals surface area contributed by atoms with Gasteiger partial charge in [0.1, 0.15) is 5.82 Å². The van der Waals surface area contributed by atoms with Gasteiger partial charge in [-0.2, -0.15) is 0 Å². The number of anilines is 3. The Morgan fingerprint density at radius 1 is 1.07 bits per heavy atom. The molecule has 2 amide bonds. The summed E-state index contributed by atoms with van der Waals surface area (Å²) < 4.78 is 14.3. The van der Waals surface area contributed by atoms with E-state index in [1.165, 1.54) is 11.0 Å². The van der Waals surface area contributed by atoms with Gasteiger partial charge in [0.25, 0.3) is 0 Å². The summed E-state index contributed by atoms with van der Waals surface area (Å²) in [6, 6.07) is 12.6. The van der Waals surface area contributed by atoms with Crippen molar-refractivity contribution in [1.29, 1.82) is 0 Å². The van der Waals surface area contributed by atoms with Gasteiger partial charge in [0, 0.05) is 50.5 Å². The van der Waals surface area contributed by atoms with Crippen molar-refractivity contribution in [2.75, 3.05) is 54.9 Å². The average molecular weight is 410 g/mol. The molecule has 0 saturated carbocycles. The van der Waals surface area contributed by atoms with Crippen molar-refractivity contribution >= 4 is 28.9 Å². The number of nitrogens with zero attached hydrogens (tertiary/aromatic N) is 3. The zero-order chi connectivity index (χ0) is 21.3. The van der Waals surface area contributed by atoms with Gasteiger partial charge in [-0.05, 0) is 55.9 Å². The van der Waals surface area contributed by atoms with Gasteiger partial charge in [-0.25, -0.2) is 4.39 Å². The molecule has 0 aromatic heterocycles. The molecular formula is C23H27FN4O2. The van der Waals surface area contributed by atoms with Crippen molar-refractivity contribution in [2.45, 2.75) is 13.3 Å². The Balaban J connectivity index is 1.37. The van der Waals surface area contributed by atoms with Crippen molar-refractivity contribution in [3.05, 3.63) is 53.8 Å². The van der Waals surface area contributed by atoms with E-state index in [1.54, 1.807) is 19.1 Å². The Bertz CT molecular complexity index is 939. The molecule has 2 aliphatic heterocycles. The van der Waals surface area contributed by atoms with E-state index in [1.807, 2.05) is 24.3 Å². The molecule has 2 fully saturated rings. The summed E-state index contributed by atoms with van der Waals surface area (Å²) in [4.78, 5) is 31.1. The van der Waals surface area contributed by atoms with Crippen LogP contribution < -0.4 is 15.1 Å². The van der Waals surface area contributed by atoms with Crippen molar-refractivity contribution in [3.8, 4) is 0 Å². The number of piperazine rings is 1. The van der Waals surface area contributed by atoms with Gasteiger partial charge in [-0.15, -0.1) is 0 Å². The molecule has 2 heterocycles. The highest BCUT2D eigenvalue weighted by Crippen LogP contribution is 2.29. The average Bonchev–Trinajstić information content (AvgIpc) is 3.11. The number of carbonyl (C=O) groups excluding carboxylic acids is 2. The van der Waals surface area contributed by atoms with Crippen molar-refractivity contribution < 1.29 is 14.0 Å². The molecule has 0 radical (unpaired) electrons. The van der Waals surface area contributed by atoms with Crippen LogP contribution >= 0.6 is 0 Å². The third-order valence-electron chi connectivity index (χ3n) is 5.89. The third-order valence-corrected chi connectivity index (χ3v) is 5.89. The number of nitrogens with one attached hydrogen (secondary N) is 1. The Kier molecular flexibility index (Phi) is 5.72. The lowest BCUT2D eigenvalue weighted by Crippen LogP contribution is -2.44. The van der Waals surface area contributed by atoms with Crippen LogP contribution in [0.2, 0.25) is 0 Å². The normalized spacial score (nSPS) is 20.0. The topological polar surface area (TPSA) is 55.9 Å². The predicted octanol–water partition coefficient (Wildman–Crippen LogP) is 2.88. The van der Waals surface area contributed by atoms with Crippen LogP contribution in [0, 0.1) is 18.7 Å². The molecule has 1 N–H and O–H groups in total. The van der Waals surface area contributed by atoms with Crippen LogP contribution in [0.15, 0.2) is 42.5 Å². The van der Waals surface area contributed by atoms with E-state index in [2.05, 4.69) is 22.2 Å². The number of hydrogen-bond acceptors (Lipinski definition) is 4. The van der Waals surface area contributed by atoms with Crippen molar-refractivity contribution in [2.24, 2.45) is 5.92 Å². The minimum absolute atomic E-state index is 0.0819. The Labute approximate surface area is 176 Å². The lowest BCUT2D eigenvalue weighted by molar-refractivity contribution is -0.122. The van der Waals surface area contributed by atoms with E-state index in [0.717, 1.165) is 37.4 Å². The minimum atomic E-state index is -0.504. The molecule has 0 spiro atoms. The van der Waals surface area contributed by atoms with Crippen LogP contribution in [0.25, 0.3) is 0 Å². The summed E-state index contributed by atoms with van der Waals surface area (Å²) in [7, 11) is 2.12. The van der Waals surface area contributed by atoms with E-state index >= 15 is 0 Å². The highest BCUT2D eigenvalue weighted by molar-refractivity contribution is 6.03. The highest BCUT2D eigenvalue weighted by Gasteiger charge is 2.36. The molecule has 2 saturated heterocycles. The Morgan fingerprint density at radius 3 is 2.43 bits per heavy atom. The maximum atomic E-state index is 14.3. The van der Waals surface area contributed by atoms with E-state index in [0.29, 0.717) is 5.69 Å². The largest absolute Gasteiger partial charge is 0.369 e. The fourth-order valence-electron chi connectivity index (χ4n) is 4.01. The second kappa shape index (κ2) is 8.44. The molecule has 2 aromatic rings. The van der Waals surface area contributed by atoms with Crippen molar-refractivity contribution in [1.82, 2.24) is 4.90 Å². The first-order valence-corrected chi connectivity index (χ1v) is 10.3. The number of halogens is 1. The maximum absolute atomic E-state index is 14.3. The number of aryl methyl sites for hydroxylation is 1. The predicted molar refractivity (Wildman–Crippen MR) is 116 cm³/mol. The summed E-state index contributed by atoms with van der Waals surface area (Å²) in [6.45, 7) is 6.02. The first-order valence-electron chi connectivity index (χ1n) is 10.3. The van der Waals surface area contributed by atoms with Gasteiger partial charge >= 0.3 is 0 Å². The summed E-state index contributed by atoms with van der Waals surface area (Å²) in [5.41, 5.74) is 2.86. The van der Waals surface area contributed by atoms with E-state index in [4.69, 9.17) is 0 Å². The molecule has 0 bridgehead atoms. The van der Waals surface area contributed by atoms with Gasteiger partial charge < -0.3 is 20.0 Å². The SMILES string of the molecule is Cc1ccc(N2CC(C(=O)Nc3ccc(N4CCN(C)CC4)cc3)CC2=O)c(F)c1. The Hall–Kier alpha value is -2.93. The van der Waals surface area contributed by atoms with Crippen LogP contribution in [0.5, 0.6) is 0 Å². The van der Waals surface area contributed by atoms with E-state index in [9.17, 15) is 14.0 Å². The van der Waals surface area contributed by atoms with Gasteiger partial charge in [0.05, 0.1) is 11.6 Å². The molecule has 7 heteroatoms. The molecule has 2 aromatic carbocycles. The van der Waals surface area contributed by atoms with Crippen molar-refractivity contribution in [3.63, 3.8) is 0 Å². The number of hydrogen-bond donors (Lipinski definition) is 1. The maximum Gasteiger partial charge on any atom is 0.229 e. The van der Waals surface area contributed by atoms with Crippen LogP contribution in [0.4, 0.5) is 21.5 Å². The number of benzene rings is 2. The molecule has 2 aliphatic rings. The molecule has 6 nitrogen and oxygen atoms in total. The first kappa shape index (κ1) is 20.3. The Morgan fingerprint density at radius 2 is 1.77 bits per heavy atom. The zero-order valence-corrected chi connectivity index (χ0v) is 17.4. The molecule has 1 unspecified atom stereocenters. The third kappa shape index (κ3) is 4.31. The zero-order valence-electron chi connectivity index (χ0n) is 17.4. The van der Waals surface area contributed by atoms with E-state index < -0.39 is 11.7 Å². The molecule has 0 aliphatic carbocycles. The fraction of sp³-hybridized carbons (Fsp3) is 0.391. The number of carbonyl (C=O) groups is 2. The lowest BCUT2D eigenvalue weighted by atomic mass is 10.1. The number of amides is 2. The highest BCUT2D eigenvalue weighted by atomic mass is 19.1. The van der Waals surface area contributed by atoms with Crippen LogP contribution in [0.3, 0.4) is 0 Å². The number of likely N-dealkylation sites (N-methyl/N-ethyl adjacent to an activating group) is 1. The quantitative estimate of drug-likeness (QED) is 0.842. The monoisotopic (exact) mass is 410 g/mol. The van der Waals surface area contributed by atoms with Gasteiger partial charge in [0.2, 0.25) is 11.8 Å². The second-order valence-electron chi connectivity index (χ2n) is 8.19. The molecule has 1 atom stereocenters.